The van der Waals surface area contributed by atoms with E-state index < -0.39 is 6.04 Å². The van der Waals surface area contributed by atoms with Gasteiger partial charge in [-0.1, -0.05) is 32.9 Å². The molecule has 0 spiro atoms. The Bertz CT molecular complexity index is 509. The molecule has 0 aliphatic carbocycles. The van der Waals surface area contributed by atoms with Crippen molar-refractivity contribution in [2.24, 2.45) is 11.1 Å². The first-order valence-corrected chi connectivity index (χ1v) is 8.00. The molecule has 0 fully saturated rings. The zero-order chi connectivity index (χ0) is 17.5. The molecule has 0 saturated heterocycles. The van der Waals surface area contributed by atoms with Crippen LogP contribution in [0.3, 0.4) is 0 Å². The number of benzene rings is 1. The van der Waals surface area contributed by atoms with Gasteiger partial charge in [-0.2, -0.15) is 0 Å². The van der Waals surface area contributed by atoms with Crippen molar-refractivity contribution in [2.45, 2.75) is 46.7 Å². The van der Waals surface area contributed by atoms with Gasteiger partial charge in [0.15, 0.2) is 0 Å². The Labute approximate surface area is 139 Å². The van der Waals surface area contributed by atoms with Crippen LogP contribution in [-0.2, 0) is 16.1 Å². The molecule has 0 aliphatic rings. The Morgan fingerprint density at radius 2 is 2.00 bits per heavy atom. The van der Waals surface area contributed by atoms with Crippen molar-refractivity contribution < 1.29 is 14.3 Å². The van der Waals surface area contributed by atoms with Crippen LogP contribution < -0.4 is 15.8 Å². The van der Waals surface area contributed by atoms with Gasteiger partial charge in [-0.3, -0.25) is 4.79 Å². The van der Waals surface area contributed by atoms with Crippen molar-refractivity contribution in [3.63, 3.8) is 0 Å². The summed E-state index contributed by atoms with van der Waals surface area (Å²) in [4.78, 5) is 12.1. The molecular formula is C18H30N2O3. The average molecular weight is 322 g/mol. The van der Waals surface area contributed by atoms with Gasteiger partial charge in [-0.25, -0.2) is 0 Å². The molecule has 0 aromatic heterocycles. The summed E-state index contributed by atoms with van der Waals surface area (Å²) in [6.07, 6.45) is 0.825. The maximum absolute atomic E-state index is 12.1. The number of rotatable bonds is 8. The van der Waals surface area contributed by atoms with E-state index in [-0.39, 0.29) is 11.3 Å². The van der Waals surface area contributed by atoms with Crippen LogP contribution in [0.15, 0.2) is 18.2 Å². The molecule has 1 rings (SSSR count). The lowest BCUT2D eigenvalue weighted by Crippen LogP contribution is -2.48. The van der Waals surface area contributed by atoms with E-state index in [0.29, 0.717) is 19.8 Å². The molecule has 0 saturated carbocycles. The standard InChI is InChI=1S/C18H30N2O3/c1-13-7-8-14(15(11-13)23-10-6-9-22-5)12-20-17(21)16(19)18(2,3)4/h7-8,11,16H,6,9-10,12,19H2,1-5H3,(H,20,21)/t16-/m1/s1. The maximum atomic E-state index is 12.1. The molecule has 0 aliphatic heterocycles. The van der Waals surface area contributed by atoms with E-state index in [0.717, 1.165) is 23.3 Å². The number of amides is 1. The van der Waals surface area contributed by atoms with Crippen molar-refractivity contribution in [3.8, 4) is 5.75 Å². The third kappa shape index (κ3) is 6.59. The number of ether oxygens (including phenoxy) is 2. The minimum absolute atomic E-state index is 0.150. The predicted molar refractivity (Wildman–Crippen MR) is 92.4 cm³/mol. The lowest BCUT2D eigenvalue weighted by Gasteiger charge is -2.26. The first kappa shape index (κ1) is 19.5. The fourth-order valence-corrected chi connectivity index (χ4v) is 2.01. The van der Waals surface area contributed by atoms with Crippen LogP contribution in [0.1, 0.15) is 38.3 Å². The number of hydrogen-bond donors (Lipinski definition) is 2. The third-order valence-corrected chi connectivity index (χ3v) is 3.64. The van der Waals surface area contributed by atoms with E-state index in [1.54, 1.807) is 7.11 Å². The van der Waals surface area contributed by atoms with Crippen molar-refractivity contribution in [1.29, 1.82) is 0 Å². The molecule has 3 N–H and O–H groups in total. The second-order valence-corrected chi connectivity index (χ2v) is 6.87. The molecule has 130 valence electrons. The molecule has 1 aromatic rings. The zero-order valence-corrected chi connectivity index (χ0v) is 14.9. The van der Waals surface area contributed by atoms with Gasteiger partial charge in [-0.15, -0.1) is 0 Å². The van der Waals surface area contributed by atoms with Gasteiger partial charge in [0, 0.05) is 32.2 Å². The number of aryl methyl sites for hydroxylation is 1. The summed E-state index contributed by atoms with van der Waals surface area (Å²) in [7, 11) is 1.67. The normalized spacial score (nSPS) is 12.8. The summed E-state index contributed by atoms with van der Waals surface area (Å²) in [5, 5.41) is 2.90. The number of nitrogens with two attached hydrogens (primary N) is 1. The summed E-state index contributed by atoms with van der Waals surface area (Å²) in [6, 6.07) is 5.42. The molecule has 0 unspecified atom stereocenters. The SMILES string of the molecule is COCCCOc1cc(C)ccc1CNC(=O)[C@@H](N)C(C)(C)C. The highest BCUT2D eigenvalue weighted by Crippen LogP contribution is 2.21. The summed E-state index contributed by atoms with van der Waals surface area (Å²) in [5.74, 6) is 0.647. The fraction of sp³-hybridized carbons (Fsp3) is 0.611. The molecule has 5 nitrogen and oxygen atoms in total. The summed E-state index contributed by atoms with van der Waals surface area (Å²) < 4.78 is 10.8. The largest absolute Gasteiger partial charge is 0.493 e. The third-order valence-electron chi connectivity index (χ3n) is 3.64. The van der Waals surface area contributed by atoms with Crippen molar-refractivity contribution in [3.05, 3.63) is 29.3 Å². The number of carbonyl (C=O) groups is 1. The van der Waals surface area contributed by atoms with Crippen LogP contribution in [0.5, 0.6) is 5.75 Å². The van der Waals surface area contributed by atoms with Crippen LogP contribution in [0, 0.1) is 12.3 Å². The Hall–Kier alpha value is -1.59. The molecule has 1 aromatic carbocycles. The molecule has 1 atom stereocenters. The van der Waals surface area contributed by atoms with E-state index in [2.05, 4.69) is 5.32 Å². The second kappa shape index (κ2) is 8.89. The number of hydrogen-bond acceptors (Lipinski definition) is 4. The smallest absolute Gasteiger partial charge is 0.237 e. The molecule has 0 heterocycles. The monoisotopic (exact) mass is 322 g/mol. The predicted octanol–water partition coefficient (Wildman–Crippen LogP) is 2.40. The van der Waals surface area contributed by atoms with E-state index in [1.807, 2.05) is 45.9 Å². The highest BCUT2D eigenvalue weighted by molar-refractivity contribution is 5.82. The van der Waals surface area contributed by atoms with E-state index >= 15 is 0 Å². The highest BCUT2D eigenvalue weighted by atomic mass is 16.5. The van der Waals surface area contributed by atoms with Crippen LogP contribution in [0.2, 0.25) is 0 Å². The van der Waals surface area contributed by atoms with E-state index in [9.17, 15) is 4.79 Å². The minimum atomic E-state index is -0.543. The van der Waals surface area contributed by atoms with Gasteiger partial charge in [0.05, 0.1) is 12.6 Å². The molecule has 0 bridgehead atoms. The molecule has 0 radical (unpaired) electrons. The maximum Gasteiger partial charge on any atom is 0.237 e. The summed E-state index contributed by atoms with van der Waals surface area (Å²) in [5.41, 5.74) is 7.78. The van der Waals surface area contributed by atoms with Crippen molar-refractivity contribution in [2.75, 3.05) is 20.3 Å². The van der Waals surface area contributed by atoms with Crippen LogP contribution >= 0.6 is 0 Å². The Kier molecular flexibility index (Phi) is 7.52. The highest BCUT2D eigenvalue weighted by Gasteiger charge is 2.27. The first-order chi connectivity index (χ1) is 10.8. The molecular weight excluding hydrogens is 292 g/mol. The Morgan fingerprint density at radius 3 is 2.61 bits per heavy atom. The summed E-state index contributed by atoms with van der Waals surface area (Å²) in [6.45, 7) is 9.52. The quantitative estimate of drug-likeness (QED) is 0.721. The summed E-state index contributed by atoms with van der Waals surface area (Å²) >= 11 is 0. The van der Waals surface area contributed by atoms with Gasteiger partial charge >= 0.3 is 0 Å². The van der Waals surface area contributed by atoms with Gasteiger partial charge in [0.2, 0.25) is 5.91 Å². The Morgan fingerprint density at radius 1 is 1.30 bits per heavy atom. The van der Waals surface area contributed by atoms with Crippen LogP contribution in [-0.4, -0.2) is 32.3 Å². The topological polar surface area (TPSA) is 73.6 Å². The lowest BCUT2D eigenvalue weighted by molar-refractivity contribution is -0.124. The Balaban J connectivity index is 2.67. The van der Waals surface area contributed by atoms with Gasteiger partial charge in [0.25, 0.3) is 0 Å². The lowest BCUT2D eigenvalue weighted by atomic mass is 9.87. The van der Waals surface area contributed by atoms with Gasteiger partial charge in [0.1, 0.15) is 5.75 Å². The fourth-order valence-electron chi connectivity index (χ4n) is 2.01. The van der Waals surface area contributed by atoms with Crippen LogP contribution in [0.25, 0.3) is 0 Å². The molecule has 1 amide bonds. The van der Waals surface area contributed by atoms with Crippen molar-refractivity contribution >= 4 is 5.91 Å². The number of carbonyl (C=O) groups excluding carboxylic acids is 1. The minimum Gasteiger partial charge on any atom is -0.493 e. The molecule has 5 heteroatoms. The van der Waals surface area contributed by atoms with E-state index in [1.165, 1.54) is 0 Å². The van der Waals surface area contributed by atoms with E-state index in [4.69, 9.17) is 15.2 Å². The van der Waals surface area contributed by atoms with Gasteiger partial charge < -0.3 is 20.5 Å². The second-order valence-electron chi connectivity index (χ2n) is 6.87. The average Bonchev–Trinajstić information content (AvgIpc) is 2.48. The molecule has 23 heavy (non-hydrogen) atoms. The van der Waals surface area contributed by atoms with Gasteiger partial charge in [-0.05, 0) is 24.0 Å². The van der Waals surface area contributed by atoms with Crippen molar-refractivity contribution in [1.82, 2.24) is 5.32 Å². The number of nitrogens with one attached hydrogen (secondary N) is 1. The first-order valence-electron chi connectivity index (χ1n) is 8.00. The van der Waals surface area contributed by atoms with Crippen LogP contribution in [0.4, 0.5) is 0 Å². The zero-order valence-electron chi connectivity index (χ0n) is 14.9. The number of methoxy groups -OCH3 is 1.